The minimum atomic E-state index is -0.682. The Kier molecular flexibility index (Phi) is 4.75. The minimum absolute atomic E-state index is 0.0290. The lowest BCUT2D eigenvalue weighted by Gasteiger charge is -2.18. The Morgan fingerprint density at radius 3 is 2.76 bits per heavy atom. The Labute approximate surface area is 125 Å². The first-order chi connectivity index (χ1) is 9.97. The van der Waals surface area contributed by atoms with Crippen LogP contribution in [0.3, 0.4) is 0 Å². The molecule has 2 unspecified atom stereocenters. The zero-order valence-corrected chi connectivity index (χ0v) is 12.7. The fraction of sp³-hybridized carbons (Fsp3) is 0.375. The van der Waals surface area contributed by atoms with Gasteiger partial charge in [-0.25, -0.2) is 0 Å². The molecule has 1 aromatic carbocycles. The van der Waals surface area contributed by atoms with Crippen LogP contribution in [0.2, 0.25) is 0 Å². The fourth-order valence-electron chi connectivity index (χ4n) is 2.30. The van der Waals surface area contributed by atoms with Gasteiger partial charge in [0.1, 0.15) is 6.04 Å². The molecule has 5 heteroatoms. The summed E-state index contributed by atoms with van der Waals surface area (Å²) in [5.41, 5.74) is 9.15. The molecule has 0 aliphatic carbocycles. The highest BCUT2D eigenvalue weighted by atomic mass is 16.2. The third-order valence-electron chi connectivity index (χ3n) is 3.54. The largest absolute Gasteiger partial charge is 0.352 e. The van der Waals surface area contributed by atoms with Crippen molar-refractivity contribution >= 4 is 5.91 Å². The van der Waals surface area contributed by atoms with Crippen LogP contribution < -0.4 is 11.1 Å². The minimum Gasteiger partial charge on any atom is -0.352 e. The molecule has 112 valence electrons. The zero-order chi connectivity index (χ0) is 15.4. The van der Waals surface area contributed by atoms with Crippen LogP contribution in [-0.4, -0.2) is 21.7 Å². The molecule has 1 amide bonds. The molecular weight excluding hydrogens is 264 g/mol. The van der Waals surface area contributed by atoms with Crippen molar-refractivity contribution in [3.8, 4) is 0 Å². The first kappa shape index (κ1) is 15.3. The summed E-state index contributed by atoms with van der Waals surface area (Å²) >= 11 is 0. The van der Waals surface area contributed by atoms with E-state index in [0.29, 0.717) is 0 Å². The smallest absolute Gasteiger partial charge is 0.241 e. The van der Waals surface area contributed by atoms with Gasteiger partial charge in [-0.15, -0.1) is 0 Å². The zero-order valence-electron chi connectivity index (χ0n) is 12.7. The van der Waals surface area contributed by atoms with E-state index >= 15 is 0 Å². The van der Waals surface area contributed by atoms with Crippen molar-refractivity contribution in [1.82, 2.24) is 15.1 Å². The monoisotopic (exact) mass is 286 g/mol. The molecule has 0 aliphatic heterocycles. The Balaban J connectivity index is 1.94. The molecule has 0 saturated carbocycles. The molecule has 0 saturated heterocycles. The fourth-order valence-corrected chi connectivity index (χ4v) is 2.30. The Hall–Kier alpha value is -2.14. The summed E-state index contributed by atoms with van der Waals surface area (Å²) in [5.74, 6) is -0.177. The predicted octanol–water partition coefficient (Wildman–Crippen LogP) is 1.48. The number of amides is 1. The SMILES string of the molecule is Cc1ccccc1CC(C)NC(=O)C(N)c1cnn(C)c1. The summed E-state index contributed by atoms with van der Waals surface area (Å²) in [5, 5.41) is 7.00. The van der Waals surface area contributed by atoms with Gasteiger partial charge in [0.2, 0.25) is 5.91 Å². The van der Waals surface area contributed by atoms with Gasteiger partial charge in [-0.2, -0.15) is 5.10 Å². The van der Waals surface area contributed by atoms with Crippen molar-refractivity contribution in [3.05, 3.63) is 53.3 Å². The summed E-state index contributed by atoms with van der Waals surface area (Å²) < 4.78 is 1.64. The second kappa shape index (κ2) is 6.54. The maximum Gasteiger partial charge on any atom is 0.241 e. The number of hydrogen-bond acceptors (Lipinski definition) is 3. The first-order valence-corrected chi connectivity index (χ1v) is 7.06. The van der Waals surface area contributed by atoms with E-state index in [1.54, 1.807) is 24.1 Å². The van der Waals surface area contributed by atoms with Gasteiger partial charge in [-0.05, 0) is 31.4 Å². The van der Waals surface area contributed by atoms with Gasteiger partial charge in [-0.3, -0.25) is 9.48 Å². The number of carbonyl (C=O) groups excluding carboxylic acids is 1. The van der Waals surface area contributed by atoms with E-state index in [2.05, 4.69) is 29.5 Å². The number of carbonyl (C=O) groups is 1. The summed E-state index contributed by atoms with van der Waals surface area (Å²) in [6.45, 7) is 4.06. The van der Waals surface area contributed by atoms with Gasteiger partial charge in [0.05, 0.1) is 6.20 Å². The van der Waals surface area contributed by atoms with Crippen LogP contribution in [0.5, 0.6) is 0 Å². The first-order valence-electron chi connectivity index (χ1n) is 7.06. The molecule has 21 heavy (non-hydrogen) atoms. The van der Waals surface area contributed by atoms with Gasteiger partial charge in [0.15, 0.2) is 0 Å². The van der Waals surface area contributed by atoms with Gasteiger partial charge in [0.25, 0.3) is 0 Å². The van der Waals surface area contributed by atoms with Crippen LogP contribution in [0.1, 0.15) is 29.7 Å². The Bertz CT molecular complexity index is 620. The standard InChI is InChI=1S/C16H22N4O/c1-11-6-4-5-7-13(11)8-12(2)19-16(21)15(17)14-9-18-20(3)10-14/h4-7,9-10,12,15H,8,17H2,1-3H3,(H,19,21). The maximum absolute atomic E-state index is 12.2. The number of nitrogens with one attached hydrogen (secondary N) is 1. The second-order valence-electron chi connectivity index (χ2n) is 5.47. The van der Waals surface area contributed by atoms with E-state index in [1.165, 1.54) is 11.1 Å². The predicted molar refractivity (Wildman–Crippen MR) is 82.6 cm³/mol. The molecule has 0 bridgehead atoms. The molecule has 5 nitrogen and oxygen atoms in total. The molecule has 2 atom stereocenters. The maximum atomic E-state index is 12.2. The van der Waals surface area contributed by atoms with Gasteiger partial charge >= 0.3 is 0 Å². The number of rotatable bonds is 5. The third-order valence-corrected chi connectivity index (χ3v) is 3.54. The molecule has 0 aliphatic rings. The van der Waals surface area contributed by atoms with Gasteiger partial charge in [-0.1, -0.05) is 24.3 Å². The number of aryl methyl sites for hydroxylation is 2. The van der Waals surface area contributed by atoms with E-state index in [4.69, 9.17) is 5.73 Å². The normalized spacial score (nSPS) is 13.7. The second-order valence-corrected chi connectivity index (χ2v) is 5.47. The van der Waals surface area contributed by atoms with Gasteiger partial charge < -0.3 is 11.1 Å². The van der Waals surface area contributed by atoms with E-state index < -0.39 is 6.04 Å². The van der Waals surface area contributed by atoms with E-state index in [-0.39, 0.29) is 11.9 Å². The molecule has 0 radical (unpaired) electrons. The number of benzene rings is 1. The van der Waals surface area contributed by atoms with Crippen LogP contribution in [0.15, 0.2) is 36.7 Å². The number of hydrogen-bond donors (Lipinski definition) is 2. The van der Waals surface area contributed by atoms with Crippen molar-refractivity contribution in [2.24, 2.45) is 12.8 Å². The van der Waals surface area contributed by atoms with Crippen molar-refractivity contribution in [2.75, 3.05) is 0 Å². The van der Waals surface area contributed by atoms with E-state index in [9.17, 15) is 4.79 Å². The molecule has 0 spiro atoms. The topological polar surface area (TPSA) is 72.9 Å². The van der Waals surface area contributed by atoms with Crippen molar-refractivity contribution in [1.29, 1.82) is 0 Å². The number of aromatic nitrogens is 2. The third kappa shape index (κ3) is 3.92. The van der Waals surface area contributed by atoms with E-state index in [0.717, 1.165) is 12.0 Å². The average molecular weight is 286 g/mol. The lowest BCUT2D eigenvalue weighted by atomic mass is 10.0. The lowest BCUT2D eigenvalue weighted by Crippen LogP contribution is -2.40. The summed E-state index contributed by atoms with van der Waals surface area (Å²) in [4.78, 5) is 12.2. The van der Waals surface area contributed by atoms with Crippen molar-refractivity contribution in [2.45, 2.75) is 32.4 Å². The highest BCUT2D eigenvalue weighted by Crippen LogP contribution is 2.12. The molecule has 0 fully saturated rings. The Morgan fingerprint density at radius 2 is 2.14 bits per heavy atom. The van der Waals surface area contributed by atoms with Crippen molar-refractivity contribution in [3.63, 3.8) is 0 Å². The van der Waals surface area contributed by atoms with Crippen LogP contribution in [0, 0.1) is 6.92 Å². The number of nitrogens with zero attached hydrogens (tertiary/aromatic N) is 2. The molecule has 1 heterocycles. The van der Waals surface area contributed by atoms with Crippen LogP contribution in [0.4, 0.5) is 0 Å². The summed E-state index contributed by atoms with van der Waals surface area (Å²) in [6.07, 6.45) is 4.17. The number of nitrogens with two attached hydrogens (primary N) is 1. The van der Waals surface area contributed by atoms with Crippen LogP contribution >= 0.6 is 0 Å². The molecular formula is C16H22N4O. The van der Waals surface area contributed by atoms with Crippen molar-refractivity contribution < 1.29 is 4.79 Å². The lowest BCUT2D eigenvalue weighted by molar-refractivity contribution is -0.123. The average Bonchev–Trinajstić information content (AvgIpc) is 2.87. The molecule has 3 N–H and O–H groups in total. The van der Waals surface area contributed by atoms with E-state index in [1.807, 2.05) is 19.1 Å². The summed E-state index contributed by atoms with van der Waals surface area (Å²) in [6, 6.07) is 7.53. The van der Waals surface area contributed by atoms with Crippen LogP contribution in [-0.2, 0) is 18.3 Å². The quantitative estimate of drug-likeness (QED) is 0.874. The molecule has 1 aromatic heterocycles. The molecule has 2 aromatic rings. The van der Waals surface area contributed by atoms with Gasteiger partial charge in [0, 0.05) is 24.8 Å². The van der Waals surface area contributed by atoms with Crippen LogP contribution in [0.25, 0.3) is 0 Å². The Morgan fingerprint density at radius 1 is 1.43 bits per heavy atom. The highest BCUT2D eigenvalue weighted by molar-refractivity contribution is 5.83. The highest BCUT2D eigenvalue weighted by Gasteiger charge is 2.19. The molecule has 2 rings (SSSR count). The summed E-state index contributed by atoms with van der Waals surface area (Å²) in [7, 11) is 1.80.